The van der Waals surface area contributed by atoms with Crippen molar-refractivity contribution in [2.75, 3.05) is 13.7 Å². The van der Waals surface area contributed by atoms with E-state index in [1.807, 2.05) is 18.2 Å². The predicted octanol–water partition coefficient (Wildman–Crippen LogP) is 1.79. The lowest BCUT2D eigenvalue weighted by molar-refractivity contribution is -0.140. The number of ether oxygens (including phenoxy) is 1. The number of esters is 1. The zero-order valence-electron chi connectivity index (χ0n) is 11.1. The second kappa shape index (κ2) is 6.36. The zero-order valence-corrected chi connectivity index (χ0v) is 11.1. The highest BCUT2D eigenvalue weighted by Gasteiger charge is 2.25. The molecule has 1 aliphatic rings. The first-order valence-electron chi connectivity index (χ1n) is 6.64. The first-order valence-corrected chi connectivity index (χ1v) is 6.64. The van der Waals surface area contributed by atoms with Gasteiger partial charge in [0.05, 0.1) is 19.4 Å². The number of fused-ring (bicyclic) bond motifs is 1. The smallest absolute Gasteiger partial charge is 0.307 e. The average Bonchev–Trinajstić information content (AvgIpc) is 2.46. The topological polar surface area (TPSA) is 55.4 Å². The summed E-state index contributed by atoms with van der Waals surface area (Å²) in [4.78, 5) is 23.2. The number of nitrogens with one attached hydrogen (secondary N) is 1. The molecule has 0 radical (unpaired) electrons. The molecule has 0 spiro atoms. The molecule has 1 unspecified atom stereocenters. The molecule has 0 bridgehead atoms. The van der Waals surface area contributed by atoms with Crippen LogP contribution >= 0.6 is 0 Å². The van der Waals surface area contributed by atoms with Crippen LogP contribution in [0.5, 0.6) is 0 Å². The molecule has 4 nitrogen and oxygen atoms in total. The molecule has 0 saturated heterocycles. The van der Waals surface area contributed by atoms with Crippen molar-refractivity contribution in [3.63, 3.8) is 0 Å². The Balaban J connectivity index is 1.95. The number of carbonyl (C=O) groups excluding carboxylic acids is 2. The zero-order chi connectivity index (χ0) is 13.7. The van der Waals surface area contributed by atoms with Crippen molar-refractivity contribution in [1.82, 2.24) is 5.32 Å². The van der Waals surface area contributed by atoms with E-state index in [0.29, 0.717) is 6.54 Å². The molecular weight excluding hydrogens is 242 g/mol. The lowest BCUT2D eigenvalue weighted by atomic mass is 9.82. The Hall–Kier alpha value is -1.84. The maximum absolute atomic E-state index is 12.2. The van der Waals surface area contributed by atoms with Crippen LogP contribution in [0.4, 0.5) is 0 Å². The maximum Gasteiger partial charge on any atom is 0.307 e. The standard InChI is InChI=1S/C15H19NO3/c1-19-14(17)9-10-16-15(18)13-8-4-6-11-5-2-3-7-12(11)13/h2-3,5,7,13H,4,6,8-10H2,1H3,(H,16,18). The van der Waals surface area contributed by atoms with E-state index < -0.39 is 0 Å². The van der Waals surface area contributed by atoms with Crippen LogP contribution in [0, 0.1) is 0 Å². The minimum Gasteiger partial charge on any atom is -0.469 e. The van der Waals surface area contributed by atoms with E-state index in [1.165, 1.54) is 12.7 Å². The highest BCUT2D eigenvalue weighted by atomic mass is 16.5. The summed E-state index contributed by atoms with van der Waals surface area (Å²) in [5.74, 6) is -0.372. The molecule has 19 heavy (non-hydrogen) atoms. The molecule has 0 fully saturated rings. The monoisotopic (exact) mass is 261 g/mol. The summed E-state index contributed by atoms with van der Waals surface area (Å²) in [6, 6.07) is 8.09. The molecule has 0 aliphatic heterocycles. The Labute approximate surface area is 113 Å². The van der Waals surface area contributed by atoms with Gasteiger partial charge in [-0.3, -0.25) is 9.59 Å². The van der Waals surface area contributed by atoms with E-state index in [0.717, 1.165) is 24.8 Å². The van der Waals surface area contributed by atoms with Gasteiger partial charge in [0.2, 0.25) is 5.91 Å². The highest BCUT2D eigenvalue weighted by Crippen LogP contribution is 2.31. The van der Waals surface area contributed by atoms with E-state index in [-0.39, 0.29) is 24.2 Å². The number of carbonyl (C=O) groups is 2. The second-order valence-electron chi connectivity index (χ2n) is 4.76. The molecule has 2 rings (SSSR count). The summed E-state index contributed by atoms with van der Waals surface area (Å²) >= 11 is 0. The van der Waals surface area contributed by atoms with Gasteiger partial charge < -0.3 is 10.1 Å². The van der Waals surface area contributed by atoms with Crippen molar-refractivity contribution in [3.8, 4) is 0 Å². The fourth-order valence-electron chi connectivity index (χ4n) is 2.54. The number of aryl methyl sites for hydroxylation is 1. The molecular formula is C15H19NO3. The summed E-state index contributed by atoms with van der Waals surface area (Å²) in [6.45, 7) is 0.337. The van der Waals surface area contributed by atoms with Crippen molar-refractivity contribution in [1.29, 1.82) is 0 Å². The molecule has 1 atom stereocenters. The van der Waals surface area contributed by atoms with E-state index in [2.05, 4.69) is 16.1 Å². The van der Waals surface area contributed by atoms with Gasteiger partial charge in [-0.25, -0.2) is 0 Å². The van der Waals surface area contributed by atoms with Crippen LogP contribution in [0.15, 0.2) is 24.3 Å². The molecule has 1 N–H and O–H groups in total. The summed E-state index contributed by atoms with van der Waals surface area (Å²) in [7, 11) is 1.35. The van der Waals surface area contributed by atoms with Gasteiger partial charge in [0, 0.05) is 6.54 Å². The molecule has 1 aliphatic carbocycles. The minimum absolute atomic E-state index is 0.0102. The van der Waals surface area contributed by atoms with Gasteiger partial charge in [-0.2, -0.15) is 0 Å². The number of hydrogen-bond donors (Lipinski definition) is 1. The number of hydrogen-bond acceptors (Lipinski definition) is 3. The molecule has 1 aromatic rings. The Bertz CT molecular complexity index is 470. The molecule has 0 heterocycles. The van der Waals surface area contributed by atoms with E-state index in [1.54, 1.807) is 0 Å². The van der Waals surface area contributed by atoms with Crippen molar-refractivity contribution < 1.29 is 14.3 Å². The lowest BCUT2D eigenvalue weighted by Crippen LogP contribution is -2.33. The molecule has 1 aromatic carbocycles. The summed E-state index contributed by atoms with van der Waals surface area (Å²) in [6.07, 6.45) is 3.17. The van der Waals surface area contributed by atoms with Crippen LogP contribution in [0.1, 0.15) is 36.3 Å². The van der Waals surface area contributed by atoms with Crippen LogP contribution in [0.3, 0.4) is 0 Å². The fraction of sp³-hybridized carbons (Fsp3) is 0.467. The SMILES string of the molecule is COC(=O)CCNC(=O)C1CCCc2ccccc21. The third kappa shape index (κ3) is 3.34. The first-order chi connectivity index (χ1) is 9.22. The van der Waals surface area contributed by atoms with Crippen molar-refractivity contribution in [3.05, 3.63) is 35.4 Å². The van der Waals surface area contributed by atoms with E-state index >= 15 is 0 Å². The fourth-order valence-corrected chi connectivity index (χ4v) is 2.54. The Morgan fingerprint density at radius 2 is 2.16 bits per heavy atom. The van der Waals surface area contributed by atoms with Crippen molar-refractivity contribution >= 4 is 11.9 Å². The number of benzene rings is 1. The summed E-state index contributed by atoms with van der Waals surface area (Å²) < 4.78 is 4.54. The average molecular weight is 261 g/mol. The number of methoxy groups -OCH3 is 1. The van der Waals surface area contributed by atoms with E-state index in [9.17, 15) is 9.59 Å². The lowest BCUT2D eigenvalue weighted by Gasteiger charge is -2.24. The predicted molar refractivity (Wildman–Crippen MR) is 71.8 cm³/mol. The Morgan fingerprint density at radius 1 is 1.37 bits per heavy atom. The van der Waals surface area contributed by atoms with Crippen molar-refractivity contribution in [2.45, 2.75) is 31.6 Å². The van der Waals surface area contributed by atoms with Crippen LogP contribution in [0.2, 0.25) is 0 Å². The van der Waals surface area contributed by atoms with Crippen molar-refractivity contribution in [2.24, 2.45) is 0 Å². The highest BCUT2D eigenvalue weighted by molar-refractivity contribution is 5.84. The van der Waals surface area contributed by atoms with Crippen LogP contribution in [0.25, 0.3) is 0 Å². The number of amides is 1. The Kier molecular flexibility index (Phi) is 4.55. The third-order valence-corrected chi connectivity index (χ3v) is 3.54. The van der Waals surface area contributed by atoms with Gasteiger partial charge >= 0.3 is 5.97 Å². The number of rotatable bonds is 4. The van der Waals surface area contributed by atoms with Crippen LogP contribution in [-0.2, 0) is 20.7 Å². The molecule has 1 amide bonds. The molecule has 0 aromatic heterocycles. The van der Waals surface area contributed by atoms with Gasteiger partial charge in [-0.05, 0) is 30.4 Å². The summed E-state index contributed by atoms with van der Waals surface area (Å²) in [5, 5.41) is 2.82. The quantitative estimate of drug-likeness (QED) is 0.841. The minimum atomic E-state index is -0.302. The van der Waals surface area contributed by atoms with Gasteiger partial charge in [0.15, 0.2) is 0 Å². The molecule has 4 heteroatoms. The largest absolute Gasteiger partial charge is 0.469 e. The second-order valence-corrected chi connectivity index (χ2v) is 4.76. The van der Waals surface area contributed by atoms with Gasteiger partial charge in [-0.15, -0.1) is 0 Å². The maximum atomic E-state index is 12.2. The normalized spacial score (nSPS) is 17.4. The molecule has 102 valence electrons. The Morgan fingerprint density at radius 3 is 2.95 bits per heavy atom. The third-order valence-electron chi connectivity index (χ3n) is 3.54. The van der Waals surface area contributed by atoms with Crippen LogP contribution in [-0.4, -0.2) is 25.5 Å². The molecule has 0 saturated carbocycles. The van der Waals surface area contributed by atoms with E-state index in [4.69, 9.17) is 0 Å². The first kappa shape index (κ1) is 13.6. The van der Waals surface area contributed by atoms with Gasteiger partial charge in [0.25, 0.3) is 0 Å². The van der Waals surface area contributed by atoms with Gasteiger partial charge in [0.1, 0.15) is 0 Å². The van der Waals surface area contributed by atoms with Gasteiger partial charge in [-0.1, -0.05) is 24.3 Å². The van der Waals surface area contributed by atoms with Crippen LogP contribution < -0.4 is 5.32 Å². The summed E-state index contributed by atoms with van der Waals surface area (Å²) in [5.41, 5.74) is 2.39.